The van der Waals surface area contributed by atoms with E-state index >= 15 is 0 Å². The fourth-order valence-corrected chi connectivity index (χ4v) is 4.77. The first-order chi connectivity index (χ1) is 17.5. The van der Waals surface area contributed by atoms with E-state index in [0.29, 0.717) is 17.2 Å². The minimum Gasteiger partial charge on any atom is -0.484 e. The van der Waals surface area contributed by atoms with E-state index in [-0.39, 0.29) is 31.0 Å². The Labute approximate surface area is 218 Å². The monoisotopic (exact) mass is 504 g/mol. The highest BCUT2D eigenvalue weighted by Crippen LogP contribution is 2.21. The summed E-state index contributed by atoms with van der Waals surface area (Å²) in [5.74, 6) is 0.266. The Morgan fingerprint density at radius 3 is 2.39 bits per heavy atom. The van der Waals surface area contributed by atoms with Crippen molar-refractivity contribution in [2.75, 3.05) is 6.61 Å². The second kappa shape index (κ2) is 12.6. The fourth-order valence-electron chi connectivity index (χ4n) is 4.64. The van der Waals surface area contributed by atoms with Gasteiger partial charge in [-0.3, -0.25) is 9.59 Å². The van der Waals surface area contributed by atoms with Crippen molar-refractivity contribution in [1.29, 1.82) is 0 Å². The van der Waals surface area contributed by atoms with Crippen LogP contribution in [-0.2, 0) is 22.6 Å². The third-order valence-electron chi connectivity index (χ3n) is 6.59. The maximum absolute atomic E-state index is 13.6. The standard InChI is InChI=1S/C30H33ClN2O3/c1-22-8-7-13-27(18-22)36-21-29(34)33(20-24-14-16-25(31)17-15-24)28(19-23-9-3-2-4-10-23)30(35)32-26-11-5-6-12-26/h2-4,7-10,13-18,26,28H,5-6,11-12,19-21H2,1H3,(H,32,35). The summed E-state index contributed by atoms with van der Waals surface area (Å²) in [5.41, 5.74) is 2.95. The van der Waals surface area contributed by atoms with E-state index in [1.165, 1.54) is 0 Å². The number of benzene rings is 3. The first-order valence-corrected chi connectivity index (χ1v) is 12.9. The summed E-state index contributed by atoms with van der Waals surface area (Å²) in [7, 11) is 0. The van der Waals surface area contributed by atoms with Crippen LogP contribution in [0.15, 0.2) is 78.9 Å². The van der Waals surface area contributed by atoms with E-state index in [4.69, 9.17) is 16.3 Å². The van der Waals surface area contributed by atoms with Crippen molar-refractivity contribution in [3.05, 3.63) is 101 Å². The summed E-state index contributed by atoms with van der Waals surface area (Å²) in [6.07, 6.45) is 4.61. The zero-order chi connectivity index (χ0) is 25.3. The van der Waals surface area contributed by atoms with Crippen LogP contribution in [0.3, 0.4) is 0 Å². The van der Waals surface area contributed by atoms with Crippen LogP contribution < -0.4 is 10.1 Å². The zero-order valence-corrected chi connectivity index (χ0v) is 21.4. The number of amides is 2. The molecule has 4 rings (SSSR count). The number of nitrogens with zero attached hydrogens (tertiary/aromatic N) is 1. The van der Waals surface area contributed by atoms with E-state index in [9.17, 15) is 9.59 Å². The average molecular weight is 505 g/mol. The number of carbonyl (C=O) groups excluding carboxylic acids is 2. The Morgan fingerprint density at radius 2 is 1.69 bits per heavy atom. The van der Waals surface area contributed by atoms with Gasteiger partial charge >= 0.3 is 0 Å². The van der Waals surface area contributed by atoms with E-state index in [1.807, 2.05) is 73.7 Å². The highest BCUT2D eigenvalue weighted by molar-refractivity contribution is 6.30. The van der Waals surface area contributed by atoms with Crippen molar-refractivity contribution in [2.45, 2.75) is 57.7 Å². The first-order valence-electron chi connectivity index (χ1n) is 12.6. The molecule has 0 radical (unpaired) electrons. The molecule has 0 heterocycles. The topological polar surface area (TPSA) is 58.6 Å². The van der Waals surface area contributed by atoms with Crippen LogP contribution >= 0.6 is 11.6 Å². The molecule has 1 fully saturated rings. The van der Waals surface area contributed by atoms with Crippen LogP contribution in [-0.4, -0.2) is 35.4 Å². The largest absolute Gasteiger partial charge is 0.484 e. The smallest absolute Gasteiger partial charge is 0.261 e. The number of carbonyl (C=O) groups is 2. The van der Waals surface area contributed by atoms with Gasteiger partial charge in [0.1, 0.15) is 11.8 Å². The number of halogens is 1. The molecule has 36 heavy (non-hydrogen) atoms. The summed E-state index contributed by atoms with van der Waals surface area (Å²) in [6, 6.07) is 24.3. The lowest BCUT2D eigenvalue weighted by Gasteiger charge is -2.32. The van der Waals surface area contributed by atoms with Crippen molar-refractivity contribution >= 4 is 23.4 Å². The molecule has 0 spiro atoms. The van der Waals surface area contributed by atoms with Gasteiger partial charge in [-0.2, -0.15) is 0 Å². The number of hydrogen-bond acceptors (Lipinski definition) is 3. The minimum atomic E-state index is -0.669. The summed E-state index contributed by atoms with van der Waals surface area (Å²) >= 11 is 6.09. The number of ether oxygens (including phenoxy) is 1. The maximum Gasteiger partial charge on any atom is 0.261 e. The molecule has 6 heteroatoms. The molecule has 188 valence electrons. The molecule has 1 atom stereocenters. The zero-order valence-electron chi connectivity index (χ0n) is 20.7. The van der Waals surface area contributed by atoms with Crippen molar-refractivity contribution in [3.8, 4) is 5.75 Å². The molecule has 2 amide bonds. The second-order valence-corrected chi connectivity index (χ2v) is 9.89. The van der Waals surface area contributed by atoms with Crippen molar-refractivity contribution < 1.29 is 14.3 Å². The van der Waals surface area contributed by atoms with Gasteiger partial charge in [-0.25, -0.2) is 0 Å². The average Bonchev–Trinajstić information content (AvgIpc) is 3.39. The van der Waals surface area contributed by atoms with Gasteiger partial charge in [0.2, 0.25) is 5.91 Å². The van der Waals surface area contributed by atoms with Crippen LogP contribution in [0.5, 0.6) is 5.75 Å². The van der Waals surface area contributed by atoms with E-state index in [2.05, 4.69) is 5.32 Å². The molecule has 3 aromatic rings. The van der Waals surface area contributed by atoms with Crippen LogP contribution in [0.2, 0.25) is 5.02 Å². The minimum absolute atomic E-state index is 0.122. The summed E-state index contributed by atoms with van der Waals surface area (Å²) in [5, 5.41) is 3.84. The highest BCUT2D eigenvalue weighted by atomic mass is 35.5. The summed E-state index contributed by atoms with van der Waals surface area (Å²) in [6.45, 7) is 2.10. The van der Waals surface area contributed by atoms with Crippen LogP contribution in [0.4, 0.5) is 0 Å². The quantitative estimate of drug-likeness (QED) is 0.384. The lowest BCUT2D eigenvalue weighted by Crippen LogP contribution is -2.53. The molecule has 3 aromatic carbocycles. The molecule has 0 saturated heterocycles. The molecular formula is C30H33ClN2O3. The number of hydrogen-bond donors (Lipinski definition) is 1. The van der Waals surface area contributed by atoms with Gasteiger partial charge < -0.3 is 15.0 Å². The predicted molar refractivity (Wildman–Crippen MR) is 143 cm³/mol. The Morgan fingerprint density at radius 1 is 0.972 bits per heavy atom. The van der Waals surface area contributed by atoms with Crippen LogP contribution in [0, 0.1) is 6.92 Å². The van der Waals surface area contributed by atoms with Gasteiger partial charge in [0.25, 0.3) is 5.91 Å². The lowest BCUT2D eigenvalue weighted by molar-refractivity contribution is -0.143. The summed E-state index contributed by atoms with van der Waals surface area (Å²) < 4.78 is 5.86. The Kier molecular flexibility index (Phi) is 9.01. The molecule has 5 nitrogen and oxygen atoms in total. The molecule has 0 aliphatic heterocycles. The fraction of sp³-hybridized carbons (Fsp3) is 0.333. The first kappa shape index (κ1) is 25.8. The van der Waals surface area contributed by atoms with Gasteiger partial charge in [0.15, 0.2) is 6.61 Å². The van der Waals surface area contributed by atoms with Gasteiger partial charge in [0, 0.05) is 24.0 Å². The molecule has 1 unspecified atom stereocenters. The number of rotatable bonds is 10. The highest BCUT2D eigenvalue weighted by Gasteiger charge is 2.32. The molecule has 0 bridgehead atoms. The van der Waals surface area contributed by atoms with E-state index in [0.717, 1.165) is 42.4 Å². The van der Waals surface area contributed by atoms with Gasteiger partial charge in [-0.15, -0.1) is 0 Å². The van der Waals surface area contributed by atoms with Crippen LogP contribution in [0.25, 0.3) is 0 Å². The SMILES string of the molecule is Cc1cccc(OCC(=O)N(Cc2ccc(Cl)cc2)C(Cc2ccccc2)C(=O)NC2CCCC2)c1. The molecule has 1 N–H and O–H groups in total. The van der Waals surface area contributed by atoms with Crippen molar-refractivity contribution in [1.82, 2.24) is 10.2 Å². The molecule has 1 saturated carbocycles. The van der Waals surface area contributed by atoms with Gasteiger partial charge in [-0.1, -0.05) is 79.0 Å². The Balaban J connectivity index is 1.60. The van der Waals surface area contributed by atoms with Gasteiger partial charge in [-0.05, 0) is 60.7 Å². The third kappa shape index (κ3) is 7.34. The Hall–Kier alpha value is -3.31. The van der Waals surface area contributed by atoms with Gasteiger partial charge in [0.05, 0.1) is 0 Å². The molecule has 1 aliphatic rings. The summed E-state index contributed by atoms with van der Waals surface area (Å²) in [4.78, 5) is 28.9. The second-order valence-electron chi connectivity index (χ2n) is 9.45. The predicted octanol–water partition coefficient (Wildman–Crippen LogP) is 5.73. The molecule has 0 aromatic heterocycles. The van der Waals surface area contributed by atoms with E-state index in [1.54, 1.807) is 17.0 Å². The molecule has 1 aliphatic carbocycles. The number of nitrogens with one attached hydrogen (secondary N) is 1. The third-order valence-corrected chi connectivity index (χ3v) is 6.84. The Bertz CT molecular complexity index is 1140. The lowest BCUT2D eigenvalue weighted by atomic mass is 10.0. The van der Waals surface area contributed by atoms with Crippen molar-refractivity contribution in [2.24, 2.45) is 0 Å². The molecular weight excluding hydrogens is 472 g/mol. The maximum atomic E-state index is 13.6. The number of aryl methyl sites for hydroxylation is 1. The van der Waals surface area contributed by atoms with Crippen LogP contribution in [0.1, 0.15) is 42.4 Å². The van der Waals surface area contributed by atoms with E-state index < -0.39 is 6.04 Å². The van der Waals surface area contributed by atoms with Crippen molar-refractivity contribution in [3.63, 3.8) is 0 Å². The normalized spacial score (nSPS) is 14.3.